The smallest absolute Gasteiger partial charge is 0.244 e. The summed E-state index contributed by atoms with van der Waals surface area (Å²) in [5.74, 6) is -3.17. The number of carbonyl (C=O) groups excluding carboxylic acids is 2. The summed E-state index contributed by atoms with van der Waals surface area (Å²) in [6.45, 7) is 7.35. The SMILES string of the molecule is CCCN(CCC)C(=O)C1([C@H](Cc2cc(F)cc(F)c2)[C@H](O)CNCc2ccccc2)C=C(C)C=C(C(N)=O)C1. The number of nitrogens with two attached hydrogens (primary N) is 1. The maximum atomic E-state index is 14.5. The van der Waals surface area contributed by atoms with Crippen LogP contribution in [0.4, 0.5) is 8.78 Å². The second-order valence-electron chi connectivity index (χ2n) is 10.7. The van der Waals surface area contributed by atoms with Gasteiger partial charge in [-0.15, -0.1) is 0 Å². The summed E-state index contributed by atoms with van der Waals surface area (Å²) in [5, 5.41) is 15.0. The number of nitrogens with one attached hydrogen (secondary N) is 1. The number of halogens is 2. The third-order valence-electron chi connectivity index (χ3n) is 7.39. The van der Waals surface area contributed by atoms with E-state index in [9.17, 15) is 23.5 Å². The Kier molecular flexibility index (Phi) is 11.2. The fourth-order valence-electron chi connectivity index (χ4n) is 5.73. The first kappa shape index (κ1) is 31.2. The van der Waals surface area contributed by atoms with Gasteiger partial charge in [-0.2, -0.15) is 0 Å². The zero-order valence-corrected chi connectivity index (χ0v) is 23.6. The number of nitrogens with zero attached hydrogens (tertiary/aromatic N) is 1. The summed E-state index contributed by atoms with van der Waals surface area (Å²) in [6, 6.07) is 12.9. The van der Waals surface area contributed by atoms with Crippen LogP contribution < -0.4 is 11.1 Å². The van der Waals surface area contributed by atoms with Crippen LogP contribution >= 0.6 is 0 Å². The van der Waals surface area contributed by atoms with E-state index in [0.29, 0.717) is 30.8 Å². The molecule has 0 spiro atoms. The molecule has 3 atom stereocenters. The van der Waals surface area contributed by atoms with Crippen molar-refractivity contribution >= 4 is 11.8 Å². The van der Waals surface area contributed by atoms with Crippen molar-refractivity contribution < 1.29 is 23.5 Å². The zero-order valence-electron chi connectivity index (χ0n) is 23.6. The van der Waals surface area contributed by atoms with Gasteiger partial charge < -0.3 is 21.1 Å². The van der Waals surface area contributed by atoms with E-state index in [2.05, 4.69) is 5.32 Å². The molecular weight excluding hydrogens is 512 g/mol. The highest BCUT2D eigenvalue weighted by Gasteiger charge is 2.50. The Balaban J connectivity index is 2.09. The molecule has 4 N–H and O–H groups in total. The molecule has 1 aliphatic rings. The molecule has 0 bridgehead atoms. The lowest BCUT2D eigenvalue weighted by molar-refractivity contribution is -0.145. The summed E-state index contributed by atoms with van der Waals surface area (Å²) >= 11 is 0. The second-order valence-corrected chi connectivity index (χ2v) is 10.7. The van der Waals surface area contributed by atoms with Crippen molar-refractivity contribution in [3.05, 3.63) is 94.6 Å². The highest BCUT2D eigenvalue weighted by Crippen LogP contribution is 2.45. The Morgan fingerprint density at radius 2 is 1.68 bits per heavy atom. The molecule has 0 aliphatic heterocycles. The molecule has 0 saturated carbocycles. The van der Waals surface area contributed by atoms with Crippen molar-refractivity contribution in [2.24, 2.45) is 17.1 Å². The van der Waals surface area contributed by atoms with E-state index >= 15 is 0 Å². The topological polar surface area (TPSA) is 95.7 Å². The molecule has 3 rings (SSSR count). The molecule has 8 heteroatoms. The molecule has 0 radical (unpaired) electrons. The first-order valence-corrected chi connectivity index (χ1v) is 14.0. The van der Waals surface area contributed by atoms with Crippen LogP contribution in [0.25, 0.3) is 0 Å². The molecular formula is C32H41F2N3O3. The predicted octanol–water partition coefficient (Wildman–Crippen LogP) is 4.67. The number of carbonyl (C=O) groups is 2. The molecule has 0 saturated heterocycles. The highest BCUT2D eigenvalue weighted by molar-refractivity contribution is 5.96. The van der Waals surface area contributed by atoms with Crippen LogP contribution in [-0.4, -0.2) is 47.6 Å². The van der Waals surface area contributed by atoms with Crippen LogP contribution in [0, 0.1) is 23.0 Å². The van der Waals surface area contributed by atoms with Crippen molar-refractivity contribution in [2.45, 2.75) is 59.1 Å². The third-order valence-corrected chi connectivity index (χ3v) is 7.39. The first-order valence-electron chi connectivity index (χ1n) is 14.0. The monoisotopic (exact) mass is 553 g/mol. The minimum Gasteiger partial charge on any atom is -0.391 e. The molecule has 0 heterocycles. The van der Waals surface area contributed by atoms with E-state index in [4.69, 9.17) is 5.73 Å². The molecule has 40 heavy (non-hydrogen) atoms. The summed E-state index contributed by atoms with van der Waals surface area (Å²) in [4.78, 5) is 28.7. The minimum absolute atomic E-state index is 0.0104. The lowest BCUT2D eigenvalue weighted by atomic mass is 9.63. The van der Waals surface area contributed by atoms with Gasteiger partial charge in [0.25, 0.3) is 0 Å². The Bertz CT molecular complexity index is 1200. The fraction of sp³-hybridized carbons (Fsp3) is 0.438. The van der Waals surface area contributed by atoms with E-state index in [1.807, 2.05) is 44.2 Å². The molecule has 6 nitrogen and oxygen atoms in total. The number of primary amides is 1. The molecule has 2 amide bonds. The largest absolute Gasteiger partial charge is 0.391 e. The van der Waals surface area contributed by atoms with Gasteiger partial charge in [-0.1, -0.05) is 61.9 Å². The number of benzene rings is 2. The van der Waals surface area contributed by atoms with Crippen molar-refractivity contribution in [2.75, 3.05) is 19.6 Å². The second kappa shape index (κ2) is 14.3. The number of hydrogen-bond acceptors (Lipinski definition) is 4. The van der Waals surface area contributed by atoms with Crippen LogP contribution in [0.5, 0.6) is 0 Å². The summed E-state index contributed by atoms with van der Waals surface area (Å²) in [6.07, 6.45) is 3.82. The summed E-state index contributed by atoms with van der Waals surface area (Å²) in [5.41, 5.74) is 6.65. The van der Waals surface area contributed by atoms with Crippen molar-refractivity contribution in [1.82, 2.24) is 10.2 Å². The van der Waals surface area contributed by atoms with Crippen LogP contribution in [0.3, 0.4) is 0 Å². The Hall–Kier alpha value is -3.36. The molecule has 0 fully saturated rings. The van der Waals surface area contributed by atoms with Crippen molar-refractivity contribution in [3.63, 3.8) is 0 Å². The van der Waals surface area contributed by atoms with Crippen LogP contribution in [-0.2, 0) is 22.6 Å². The maximum Gasteiger partial charge on any atom is 0.244 e. The van der Waals surface area contributed by atoms with Gasteiger partial charge in [0.15, 0.2) is 0 Å². The number of allylic oxidation sites excluding steroid dienone is 2. The Morgan fingerprint density at radius 1 is 1.05 bits per heavy atom. The van der Waals surface area contributed by atoms with Crippen LogP contribution in [0.1, 0.15) is 51.2 Å². The molecule has 216 valence electrons. The normalized spacial score (nSPS) is 18.4. The third kappa shape index (κ3) is 7.86. The average Bonchev–Trinajstić information content (AvgIpc) is 2.90. The summed E-state index contributed by atoms with van der Waals surface area (Å²) in [7, 11) is 0. The predicted molar refractivity (Wildman–Crippen MR) is 153 cm³/mol. The van der Waals surface area contributed by atoms with Crippen LogP contribution in [0.15, 0.2) is 71.8 Å². The molecule has 2 aromatic rings. The van der Waals surface area contributed by atoms with E-state index in [1.54, 1.807) is 24.0 Å². The first-order chi connectivity index (χ1) is 19.1. The van der Waals surface area contributed by atoms with Gasteiger partial charge in [-0.25, -0.2) is 8.78 Å². The number of rotatable bonds is 14. The number of aliphatic hydroxyl groups excluding tert-OH is 1. The van der Waals surface area contributed by atoms with Gasteiger partial charge in [0.2, 0.25) is 11.8 Å². The molecule has 0 aromatic heterocycles. The lowest BCUT2D eigenvalue weighted by Crippen LogP contribution is -2.54. The van der Waals surface area contributed by atoms with Crippen LogP contribution in [0.2, 0.25) is 0 Å². The average molecular weight is 554 g/mol. The fourth-order valence-corrected chi connectivity index (χ4v) is 5.73. The van der Waals surface area contributed by atoms with E-state index < -0.39 is 35.0 Å². The number of amides is 2. The molecule has 1 unspecified atom stereocenters. The molecule has 2 aromatic carbocycles. The maximum absolute atomic E-state index is 14.5. The summed E-state index contributed by atoms with van der Waals surface area (Å²) < 4.78 is 28.5. The van der Waals surface area contributed by atoms with Gasteiger partial charge in [0.05, 0.1) is 11.5 Å². The number of aliphatic hydroxyl groups is 1. The van der Waals surface area contributed by atoms with Crippen molar-refractivity contribution in [3.8, 4) is 0 Å². The highest BCUT2D eigenvalue weighted by atomic mass is 19.1. The standard InChI is InChI=1S/C32H41F2N3O3/c1-4-11-37(12-5-2)31(40)32(18-22(3)13-25(19-32)30(35)39)28(16-24-14-26(33)17-27(34)15-24)29(38)21-36-20-23-9-7-6-8-10-23/h6-10,13-15,17-18,28-29,36,38H,4-5,11-12,16,19-21H2,1-3H3,(H2,35,39)/t28-,29-,32?/m1/s1. The van der Waals surface area contributed by atoms with Gasteiger partial charge in [0.1, 0.15) is 11.6 Å². The van der Waals surface area contributed by atoms with Gasteiger partial charge in [-0.3, -0.25) is 9.59 Å². The van der Waals surface area contributed by atoms with Gasteiger partial charge in [-0.05, 0) is 55.9 Å². The van der Waals surface area contributed by atoms with E-state index in [0.717, 1.165) is 24.5 Å². The van der Waals surface area contributed by atoms with Gasteiger partial charge in [0, 0.05) is 43.7 Å². The van der Waals surface area contributed by atoms with Crippen molar-refractivity contribution in [1.29, 1.82) is 0 Å². The Morgan fingerprint density at radius 3 is 2.25 bits per heavy atom. The minimum atomic E-state index is -1.36. The number of hydrogen-bond donors (Lipinski definition) is 3. The molecule has 1 aliphatic carbocycles. The zero-order chi connectivity index (χ0) is 29.3. The lowest BCUT2D eigenvalue weighted by Gasteiger charge is -2.45. The van der Waals surface area contributed by atoms with E-state index in [-0.39, 0.29) is 30.9 Å². The van der Waals surface area contributed by atoms with E-state index in [1.165, 1.54) is 12.1 Å². The quantitative estimate of drug-likeness (QED) is 0.317. The van der Waals surface area contributed by atoms with Gasteiger partial charge >= 0.3 is 0 Å². The Labute approximate surface area is 236 Å².